The van der Waals surface area contributed by atoms with Crippen molar-refractivity contribution in [3.63, 3.8) is 0 Å². The highest BCUT2D eigenvalue weighted by molar-refractivity contribution is 6.99. The number of aliphatic hydroxyl groups excluding tert-OH is 1. The molecule has 2 unspecified atom stereocenters. The van der Waals surface area contributed by atoms with Gasteiger partial charge in [0.2, 0.25) is 0 Å². The molecule has 0 bridgehead atoms. The van der Waals surface area contributed by atoms with E-state index < -0.39 is 0 Å². The Kier molecular flexibility index (Phi) is 3.66. The predicted octanol–water partition coefficient (Wildman–Crippen LogP) is 2.54. The number of aromatic nitrogens is 2. The molecule has 16 heavy (non-hydrogen) atoms. The first kappa shape index (κ1) is 12.1. The maximum Gasteiger partial charge on any atom is 0.186 e. The van der Waals surface area contributed by atoms with Crippen LogP contribution in [0.3, 0.4) is 0 Å². The van der Waals surface area contributed by atoms with Crippen LogP contribution in [-0.2, 0) is 0 Å². The minimum absolute atomic E-state index is 0.116. The van der Waals surface area contributed by atoms with Gasteiger partial charge >= 0.3 is 0 Å². The second-order valence-electron chi connectivity index (χ2n) is 4.67. The fraction of sp³-hybridized carbons (Fsp3) is 0.800. The molecule has 0 spiro atoms. The fourth-order valence-electron chi connectivity index (χ4n) is 2.46. The van der Waals surface area contributed by atoms with E-state index in [-0.39, 0.29) is 12.1 Å². The molecule has 0 aromatic carbocycles. The van der Waals surface area contributed by atoms with Crippen LogP contribution < -0.4 is 5.32 Å². The Morgan fingerprint density at radius 1 is 1.62 bits per heavy atom. The van der Waals surface area contributed by atoms with Gasteiger partial charge in [-0.25, -0.2) is 0 Å². The topological polar surface area (TPSA) is 58.0 Å². The van der Waals surface area contributed by atoms with Crippen molar-refractivity contribution >= 4 is 29.1 Å². The Balaban J connectivity index is 2.12. The van der Waals surface area contributed by atoms with Crippen LogP contribution in [0.25, 0.3) is 0 Å². The third-order valence-corrected chi connectivity index (χ3v) is 4.12. The van der Waals surface area contributed by atoms with Crippen molar-refractivity contribution in [1.82, 2.24) is 8.75 Å². The number of hydrogen-bond acceptors (Lipinski definition) is 5. The normalized spacial score (nSPS) is 30.3. The molecule has 0 amide bonds. The van der Waals surface area contributed by atoms with Gasteiger partial charge in [-0.2, -0.15) is 8.75 Å². The number of halogens is 1. The van der Waals surface area contributed by atoms with E-state index in [0.717, 1.165) is 31.0 Å². The van der Waals surface area contributed by atoms with Crippen LogP contribution in [-0.4, -0.2) is 26.0 Å². The molecule has 1 fully saturated rings. The van der Waals surface area contributed by atoms with Gasteiger partial charge in [-0.3, -0.25) is 0 Å². The van der Waals surface area contributed by atoms with Crippen molar-refractivity contribution in [1.29, 1.82) is 0 Å². The van der Waals surface area contributed by atoms with Crippen LogP contribution in [0.1, 0.15) is 32.6 Å². The van der Waals surface area contributed by atoms with Crippen LogP contribution in [0.2, 0.25) is 5.15 Å². The Bertz CT molecular complexity index is 360. The summed E-state index contributed by atoms with van der Waals surface area (Å²) in [5, 5.41) is 13.3. The van der Waals surface area contributed by atoms with E-state index in [1.807, 2.05) is 0 Å². The van der Waals surface area contributed by atoms with Crippen LogP contribution in [0, 0.1) is 5.92 Å². The lowest BCUT2D eigenvalue weighted by atomic mass is 9.77. The average molecular weight is 262 g/mol. The molecule has 90 valence electrons. The van der Waals surface area contributed by atoms with Gasteiger partial charge in [0, 0.05) is 0 Å². The Morgan fingerprint density at radius 3 is 3.00 bits per heavy atom. The number of hydrogen-bond donors (Lipinski definition) is 2. The molecular weight excluding hydrogens is 246 g/mol. The summed E-state index contributed by atoms with van der Waals surface area (Å²) in [5.74, 6) is 1.23. The van der Waals surface area contributed by atoms with E-state index in [1.54, 1.807) is 0 Å². The maximum atomic E-state index is 9.60. The molecule has 1 heterocycles. The molecule has 0 saturated heterocycles. The molecular formula is C10H16ClN3OS. The van der Waals surface area contributed by atoms with Gasteiger partial charge in [0.1, 0.15) is 0 Å². The number of nitrogens with zero attached hydrogens (tertiary/aromatic N) is 2. The van der Waals surface area contributed by atoms with E-state index in [0.29, 0.717) is 16.9 Å². The second-order valence-corrected chi connectivity index (χ2v) is 5.56. The number of nitrogens with one attached hydrogen (secondary N) is 1. The highest BCUT2D eigenvalue weighted by Gasteiger charge is 2.35. The first-order chi connectivity index (χ1) is 7.65. The molecule has 1 saturated carbocycles. The first-order valence-electron chi connectivity index (χ1n) is 5.52. The number of anilines is 1. The van der Waals surface area contributed by atoms with Crippen LogP contribution in [0.15, 0.2) is 0 Å². The van der Waals surface area contributed by atoms with Crippen LogP contribution in [0.4, 0.5) is 5.82 Å². The third kappa shape index (κ3) is 2.47. The van der Waals surface area contributed by atoms with Crippen molar-refractivity contribution in [2.75, 3.05) is 11.9 Å². The second kappa shape index (κ2) is 4.85. The molecule has 0 radical (unpaired) electrons. The SMILES string of the molecule is CC1CCCC(CO)(Nc2nsnc2Cl)C1. The van der Waals surface area contributed by atoms with Crippen molar-refractivity contribution in [3.8, 4) is 0 Å². The van der Waals surface area contributed by atoms with E-state index in [2.05, 4.69) is 21.0 Å². The molecule has 2 rings (SSSR count). The van der Waals surface area contributed by atoms with Crippen LogP contribution in [0.5, 0.6) is 0 Å². The molecule has 2 atom stereocenters. The quantitative estimate of drug-likeness (QED) is 0.878. The average Bonchev–Trinajstić information content (AvgIpc) is 2.64. The van der Waals surface area contributed by atoms with Gasteiger partial charge in [0.05, 0.1) is 23.9 Å². The van der Waals surface area contributed by atoms with Crippen molar-refractivity contribution in [2.24, 2.45) is 5.92 Å². The lowest BCUT2D eigenvalue weighted by Crippen LogP contribution is -2.46. The number of aliphatic hydroxyl groups is 1. The first-order valence-corrected chi connectivity index (χ1v) is 6.63. The highest BCUT2D eigenvalue weighted by Crippen LogP contribution is 2.35. The van der Waals surface area contributed by atoms with Gasteiger partial charge in [-0.05, 0) is 18.8 Å². The largest absolute Gasteiger partial charge is 0.394 e. The predicted molar refractivity (Wildman–Crippen MR) is 66.0 cm³/mol. The van der Waals surface area contributed by atoms with Crippen molar-refractivity contribution < 1.29 is 5.11 Å². The summed E-state index contributed by atoms with van der Waals surface area (Å²) in [6, 6.07) is 0. The zero-order valence-electron chi connectivity index (χ0n) is 9.24. The summed E-state index contributed by atoms with van der Waals surface area (Å²) in [6.07, 6.45) is 4.27. The van der Waals surface area contributed by atoms with Crippen molar-refractivity contribution in [3.05, 3.63) is 5.15 Å². The van der Waals surface area contributed by atoms with Gasteiger partial charge in [-0.1, -0.05) is 31.4 Å². The molecule has 1 aromatic rings. The Morgan fingerprint density at radius 2 is 2.44 bits per heavy atom. The zero-order chi connectivity index (χ0) is 11.6. The summed E-state index contributed by atoms with van der Waals surface area (Å²) in [4.78, 5) is 0. The fourth-order valence-corrected chi connectivity index (χ4v) is 3.11. The molecule has 2 N–H and O–H groups in total. The van der Waals surface area contributed by atoms with E-state index in [9.17, 15) is 5.11 Å². The molecule has 1 aliphatic rings. The lowest BCUT2D eigenvalue weighted by Gasteiger charge is -2.39. The molecule has 1 aromatic heterocycles. The smallest absolute Gasteiger partial charge is 0.186 e. The summed E-state index contributed by atoms with van der Waals surface area (Å²) >= 11 is 7.00. The standard InChI is InChI=1S/C10H16ClN3OS/c1-7-3-2-4-10(5-7,6-15)12-9-8(11)13-16-14-9/h7,15H,2-6H2,1H3,(H,12,14). The summed E-state index contributed by atoms with van der Waals surface area (Å²) in [5.41, 5.74) is -0.267. The minimum Gasteiger partial charge on any atom is -0.394 e. The maximum absolute atomic E-state index is 9.60. The summed E-state index contributed by atoms with van der Waals surface area (Å²) < 4.78 is 8.02. The minimum atomic E-state index is -0.267. The van der Waals surface area contributed by atoms with Crippen molar-refractivity contribution in [2.45, 2.75) is 38.1 Å². The Labute approximate surface area is 104 Å². The third-order valence-electron chi connectivity index (χ3n) is 3.23. The molecule has 0 aliphatic heterocycles. The molecule has 1 aliphatic carbocycles. The molecule has 4 nitrogen and oxygen atoms in total. The summed E-state index contributed by atoms with van der Waals surface area (Å²) in [6.45, 7) is 2.33. The van der Waals surface area contributed by atoms with E-state index >= 15 is 0 Å². The monoisotopic (exact) mass is 261 g/mol. The number of rotatable bonds is 3. The highest BCUT2D eigenvalue weighted by atomic mass is 35.5. The lowest BCUT2D eigenvalue weighted by molar-refractivity contribution is 0.149. The van der Waals surface area contributed by atoms with Crippen LogP contribution >= 0.6 is 23.3 Å². The van der Waals surface area contributed by atoms with Gasteiger partial charge < -0.3 is 10.4 Å². The van der Waals surface area contributed by atoms with Gasteiger partial charge in [-0.15, -0.1) is 0 Å². The van der Waals surface area contributed by atoms with Gasteiger partial charge in [0.15, 0.2) is 11.0 Å². The van der Waals surface area contributed by atoms with Gasteiger partial charge in [0.25, 0.3) is 0 Å². The zero-order valence-corrected chi connectivity index (χ0v) is 10.8. The molecule has 6 heteroatoms. The Hall–Kier alpha value is -0.390. The van der Waals surface area contributed by atoms with E-state index in [1.165, 1.54) is 6.42 Å². The van der Waals surface area contributed by atoms with E-state index in [4.69, 9.17) is 11.6 Å². The summed E-state index contributed by atoms with van der Waals surface area (Å²) in [7, 11) is 0.